The lowest BCUT2D eigenvalue weighted by atomic mass is 9.96. The first kappa shape index (κ1) is 19.2. The van der Waals surface area contributed by atoms with E-state index in [1.54, 1.807) is 41.9 Å². The van der Waals surface area contributed by atoms with E-state index in [4.69, 9.17) is 9.15 Å². The summed E-state index contributed by atoms with van der Waals surface area (Å²) in [5.74, 6) is -1.23. The number of halogens is 3. The molecule has 0 radical (unpaired) electrons. The van der Waals surface area contributed by atoms with Crippen molar-refractivity contribution in [2.45, 2.75) is 24.9 Å². The van der Waals surface area contributed by atoms with Gasteiger partial charge in [-0.05, 0) is 31.0 Å². The van der Waals surface area contributed by atoms with Gasteiger partial charge in [-0.1, -0.05) is 0 Å². The van der Waals surface area contributed by atoms with Crippen LogP contribution in [-0.2, 0) is 13.2 Å². The van der Waals surface area contributed by atoms with Crippen molar-refractivity contribution in [1.82, 2.24) is 24.9 Å². The maximum atomic E-state index is 12.8. The predicted octanol–water partition coefficient (Wildman–Crippen LogP) is 3.00. The highest BCUT2D eigenvalue weighted by Crippen LogP contribution is 2.33. The van der Waals surface area contributed by atoms with E-state index in [-0.39, 0.29) is 17.7 Å². The Hall–Kier alpha value is -3.11. The number of likely N-dealkylation sites (tertiary alicyclic amines) is 1. The molecule has 3 heterocycles. The Balaban J connectivity index is 1.45. The number of piperidine rings is 1. The number of alkyl halides is 3. The van der Waals surface area contributed by atoms with Crippen LogP contribution in [0.4, 0.5) is 13.2 Å². The van der Waals surface area contributed by atoms with E-state index in [2.05, 4.69) is 15.3 Å². The Morgan fingerprint density at radius 3 is 2.59 bits per heavy atom. The lowest BCUT2D eigenvalue weighted by molar-refractivity contribution is -0.157. The van der Waals surface area contributed by atoms with Gasteiger partial charge in [-0.3, -0.25) is 4.79 Å². The Morgan fingerprint density at radius 2 is 1.97 bits per heavy atom. The van der Waals surface area contributed by atoms with Crippen molar-refractivity contribution < 1.29 is 27.1 Å². The highest BCUT2D eigenvalue weighted by atomic mass is 19.4. The first-order chi connectivity index (χ1) is 13.8. The maximum Gasteiger partial charge on any atom is 0.470 e. The van der Waals surface area contributed by atoms with Crippen LogP contribution in [0.2, 0.25) is 0 Å². The van der Waals surface area contributed by atoms with Gasteiger partial charge in [0, 0.05) is 31.6 Å². The van der Waals surface area contributed by atoms with E-state index in [1.807, 2.05) is 0 Å². The number of hydrogen-bond acceptors (Lipinski definition) is 6. The average molecular weight is 409 g/mol. The van der Waals surface area contributed by atoms with Crippen molar-refractivity contribution in [3.63, 3.8) is 0 Å². The molecule has 3 aromatic rings. The number of hydrogen-bond donors (Lipinski definition) is 0. The number of benzene rings is 1. The highest BCUT2D eigenvalue weighted by Gasteiger charge is 2.39. The van der Waals surface area contributed by atoms with Crippen LogP contribution in [0.15, 0.2) is 22.6 Å². The van der Waals surface area contributed by atoms with Crippen LogP contribution < -0.4 is 4.74 Å². The first-order valence-electron chi connectivity index (χ1n) is 8.98. The number of amides is 1. The molecule has 1 aliphatic heterocycles. The third-order valence-corrected chi connectivity index (χ3v) is 5.03. The summed E-state index contributed by atoms with van der Waals surface area (Å²) in [6, 6.07) is 5.21. The van der Waals surface area contributed by atoms with Gasteiger partial charge in [0.25, 0.3) is 5.91 Å². The number of aryl methyl sites for hydroxylation is 1. The second-order valence-corrected chi connectivity index (χ2v) is 6.87. The molecule has 1 fully saturated rings. The molecule has 154 valence electrons. The number of aromatic nitrogens is 4. The number of fused-ring (bicyclic) bond motifs is 1. The molecule has 0 aliphatic carbocycles. The fraction of sp³-hybridized carbons (Fsp3) is 0.444. The minimum absolute atomic E-state index is 0.0357. The van der Waals surface area contributed by atoms with Crippen LogP contribution in [0.25, 0.3) is 10.9 Å². The van der Waals surface area contributed by atoms with Crippen LogP contribution >= 0.6 is 0 Å². The molecule has 2 aromatic heterocycles. The number of carbonyl (C=O) groups excluding carboxylic acids is 1. The van der Waals surface area contributed by atoms with Crippen LogP contribution in [-0.4, -0.2) is 51.0 Å². The van der Waals surface area contributed by atoms with Crippen LogP contribution in [0.1, 0.15) is 40.9 Å². The van der Waals surface area contributed by atoms with Crippen LogP contribution in [0.5, 0.6) is 5.88 Å². The van der Waals surface area contributed by atoms with Crippen molar-refractivity contribution in [2.75, 3.05) is 20.2 Å². The van der Waals surface area contributed by atoms with E-state index < -0.39 is 12.1 Å². The highest BCUT2D eigenvalue weighted by molar-refractivity contribution is 5.98. The Kier molecular flexibility index (Phi) is 4.67. The van der Waals surface area contributed by atoms with Gasteiger partial charge >= 0.3 is 12.1 Å². The van der Waals surface area contributed by atoms with E-state index >= 15 is 0 Å². The summed E-state index contributed by atoms with van der Waals surface area (Å²) in [5, 5.41) is 11.7. The molecule has 0 atom stereocenters. The zero-order chi connectivity index (χ0) is 20.8. The molecule has 0 N–H and O–H groups in total. The second-order valence-electron chi connectivity index (χ2n) is 6.87. The smallest absolute Gasteiger partial charge is 0.470 e. The van der Waals surface area contributed by atoms with Gasteiger partial charge in [0.1, 0.15) is 0 Å². The van der Waals surface area contributed by atoms with Crippen molar-refractivity contribution in [1.29, 1.82) is 0 Å². The first-order valence-corrected chi connectivity index (χ1v) is 8.98. The van der Waals surface area contributed by atoms with Gasteiger partial charge in [0.15, 0.2) is 0 Å². The lowest BCUT2D eigenvalue weighted by Crippen LogP contribution is -2.38. The SMILES string of the molecule is COc1c2ccc(C(=O)N3CCC(c4nnc(C(F)(F)F)o4)CC3)cc2nn1C. The number of ether oxygens (including phenoxy) is 1. The molecule has 29 heavy (non-hydrogen) atoms. The van der Waals surface area contributed by atoms with Crippen LogP contribution in [0.3, 0.4) is 0 Å². The zero-order valence-electron chi connectivity index (χ0n) is 15.7. The summed E-state index contributed by atoms with van der Waals surface area (Å²) in [7, 11) is 3.31. The van der Waals surface area contributed by atoms with Gasteiger partial charge in [-0.15, -0.1) is 10.2 Å². The number of carbonyl (C=O) groups is 1. The molecule has 1 saturated heterocycles. The van der Waals surface area contributed by atoms with Gasteiger partial charge in [-0.25, -0.2) is 4.68 Å². The van der Waals surface area contributed by atoms with E-state index in [0.717, 1.165) is 5.39 Å². The Morgan fingerprint density at radius 1 is 1.24 bits per heavy atom. The van der Waals surface area contributed by atoms with Crippen molar-refractivity contribution >= 4 is 16.8 Å². The quantitative estimate of drug-likeness (QED) is 0.661. The number of nitrogens with zero attached hydrogens (tertiary/aromatic N) is 5. The normalized spacial score (nSPS) is 15.8. The Bertz CT molecular complexity index is 1050. The Labute approximate surface area is 163 Å². The molecule has 1 aromatic carbocycles. The molecule has 8 nitrogen and oxygen atoms in total. The van der Waals surface area contributed by atoms with Crippen LogP contribution in [0, 0.1) is 0 Å². The summed E-state index contributed by atoms with van der Waals surface area (Å²) in [6.45, 7) is 0.771. The van der Waals surface area contributed by atoms with E-state index in [9.17, 15) is 18.0 Å². The second kappa shape index (κ2) is 7.05. The number of methoxy groups -OCH3 is 1. The molecular weight excluding hydrogens is 391 g/mol. The molecule has 0 bridgehead atoms. The maximum absolute atomic E-state index is 12.8. The minimum atomic E-state index is -4.66. The predicted molar refractivity (Wildman–Crippen MR) is 94.4 cm³/mol. The summed E-state index contributed by atoms with van der Waals surface area (Å²) >= 11 is 0. The molecular formula is C18H18F3N5O3. The van der Waals surface area contributed by atoms with Crippen molar-refractivity contribution in [3.8, 4) is 5.88 Å². The number of rotatable bonds is 3. The summed E-state index contributed by atoms with van der Waals surface area (Å²) in [6.07, 6.45) is -3.76. The van der Waals surface area contributed by atoms with Gasteiger partial charge in [0.05, 0.1) is 18.0 Å². The molecule has 1 amide bonds. The largest absolute Gasteiger partial charge is 0.481 e. The molecule has 4 rings (SSSR count). The monoisotopic (exact) mass is 409 g/mol. The van der Waals surface area contributed by atoms with Crippen molar-refractivity contribution in [2.24, 2.45) is 7.05 Å². The molecule has 0 unspecified atom stereocenters. The standard InChI is InChI=1S/C18H18F3N5O3/c1-25-16(28-2)12-4-3-11(9-13(12)24-25)15(27)26-7-5-10(6-8-26)14-22-23-17(29-14)18(19,20)21/h3-4,9-10H,5-8H2,1-2H3. The average Bonchev–Trinajstić information content (AvgIpc) is 3.31. The summed E-state index contributed by atoms with van der Waals surface area (Å²) < 4.78 is 49.5. The molecule has 0 saturated carbocycles. The third kappa shape index (κ3) is 3.52. The topological polar surface area (TPSA) is 86.3 Å². The van der Waals surface area contributed by atoms with Gasteiger partial charge in [0.2, 0.25) is 11.8 Å². The molecule has 1 aliphatic rings. The molecule has 11 heteroatoms. The lowest BCUT2D eigenvalue weighted by Gasteiger charge is -2.30. The van der Waals surface area contributed by atoms with Crippen molar-refractivity contribution in [3.05, 3.63) is 35.5 Å². The molecule has 0 spiro atoms. The van der Waals surface area contributed by atoms with Gasteiger partial charge < -0.3 is 14.1 Å². The fourth-order valence-electron chi connectivity index (χ4n) is 3.58. The summed E-state index contributed by atoms with van der Waals surface area (Å²) in [5.41, 5.74) is 1.14. The fourth-order valence-corrected chi connectivity index (χ4v) is 3.58. The minimum Gasteiger partial charge on any atom is -0.481 e. The third-order valence-electron chi connectivity index (χ3n) is 5.03. The van der Waals surface area contributed by atoms with E-state index in [1.165, 1.54) is 0 Å². The summed E-state index contributed by atoms with van der Waals surface area (Å²) in [4.78, 5) is 14.5. The zero-order valence-corrected chi connectivity index (χ0v) is 15.7. The van der Waals surface area contributed by atoms with E-state index in [0.29, 0.717) is 42.9 Å². The van der Waals surface area contributed by atoms with Gasteiger partial charge in [-0.2, -0.15) is 18.3 Å².